The molecule has 0 saturated heterocycles. The maximum Gasteiger partial charge on any atom is 0.394 e. The molecule has 2 atom stereocenters. The smallest absolute Gasteiger partial charge is 0.339 e. The Morgan fingerprint density at radius 3 is 2.29 bits per heavy atom. The Bertz CT molecular complexity index is 665. The van der Waals surface area contributed by atoms with E-state index in [-0.39, 0.29) is 31.1 Å². The van der Waals surface area contributed by atoms with Crippen molar-refractivity contribution in [1.29, 1.82) is 0 Å². The molecule has 1 heterocycles. The number of nitrogens with two attached hydrogens (primary N) is 1. The van der Waals surface area contributed by atoms with E-state index in [1.165, 1.54) is 0 Å². The molecule has 24 heavy (non-hydrogen) atoms. The molecule has 0 amide bonds. The lowest BCUT2D eigenvalue weighted by atomic mass is 9.44. The Labute approximate surface area is 138 Å². The van der Waals surface area contributed by atoms with Crippen LogP contribution in [0.4, 0.5) is 13.2 Å². The van der Waals surface area contributed by atoms with Crippen molar-refractivity contribution in [3.05, 3.63) is 11.7 Å². The molecule has 1 aromatic heterocycles. The highest BCUT2D eigenvalue weighted by Crippen LogP contribution is 2.69. The molecule has 5 aliphatic carbocycles. The van der Waals surface area contributed by atoms with Gasteiger partial charge < -0.3 is 10.3 Å². The molecule has 5 saturated carbocycles. The van der Waals surface area contributed by atoms with Gasteiger partial charge in [-0.1, -0.05) is 5.16 Å². The molecule has 2 unspecified atom stereocenters. The minimum absolute atomic E-state index is 0.107. The number of halogens is 3. The molecule has 4 nitrogen and oxygen atoms in total. The van der Waals surface area contributed by atoms with Gasteiger partial charge in [-0.2, -0.15) is 18.2 Å². The fourth-order valence-corrected chi connectivity index (χ4v) is 6.27. The fourth-order valence-electron chi connectivity index (χ4n) is 6.27. The van der Waals surface area contributed by atoms with Crippen LogP contribution >= 0.6 is 0 Å². The average molecular weight is 341 g/mol. The van der Waals surface area contributed by atoms with E-state index in [0.29, 0.717) is 11.7 Å². The standard InChI is InChI=1S/C17H22F3N3O/c18-17(19,20)15-7-10-4-11(8-15)6-14(5-10,9-15)13-22-12(23-24-13)16(21)2-1-3-16/h10-11H,1-9,21H2. The van der Waals surface area contributed by atoms with Crippen molar-refractivity contribution in [3.8, 4) is 0 Å². The van der Waals surface area contributed by atoms with Crippen molar-refractivity contribution in [2.45, 2.75) is 74.9 Å². The Morgan fingerprint density at radius 2 is 1.75 bits per heavy atom. The van der Waals surface area contributed by atoms with Crippen LogP contribution in [0.2, 0.25) is 0 Å². The molecule has 6 rings (SSSR count). The number of alkyl halides is 3. The quantitative estimate of drug-likeness (QED) is 0.888. The molecule has 5 aliphatic rings. The minimum atomic E-state index is -4.15. The first kappa shape index (κ1) is 15.2. The predicted octanol–water partition coefficient (Wildman–Crippen LogP) is 3.81. The topological polar surface area (TPSA) is 64.9 Å². The van der Waals surface area contributed by atoms with E-state index in [2.05, 4.69) is 10.1 Å². The monoisotopic (exact) mass is 341 g/mol. The highest BCUT2D eigenvalue weighted by Gasteiger charge is 2.68. The van der Waals surface area contributed by atoms with Crippen LogP contribution in [0.3, 0.4) is 0 Å². The van der Waals surface area contributed by atoms with Crippen LogP contribution in [-0.4, -0.2) is 16.3 Å². The van der Waals surface area contributed by atoms with Crippen LogP contribution in [0.1, 0.15) is 69.5 Å². The predicted molar refractivity (Wildman–Crippen MR) is 78.9 cm³/mol. The Morgan fingerprint density at radius 1 is 1.08 bits per heavy atom. The summed E-state index contributed by atoms with van der Waals surface area (Å²) in [6, 6.07) is 0. The molecule has 5 fully saturated rings. The molecule has 0 spiro atoms. The van der Waals surface area contributed by atoms with Crippen LogP contribution in [0.15, 0.2) is 4.52 Å². The first-order valence-electron chi connectivity index (χ1n) is 8.94. The summed E-state index contributed by atoms with van der Waals surface area (Å²) in [6.45, 7) is 0. The van der Waals surface area contributed by atoms with Crippen LogP contribution < -0.4 is 5.73 Å². The zero-order chi connectivity index (χ0) is 16.8. The number of rotatable bonds is 2. The second-order valence-electron chi connectivity index (χ2n) is 8.95. The van der Waals surface area contributed by atoms with Crippen LogP contribution in [0, 0.1) is 17.3 Å². The summed E-state index contributed by atoms with van der Waals surface area (Å²) >= 11 is 0. The largest absolute Gasteiger partial charge is 0.394 e. The summed E-state index contributed by atoms with van der Waals surface area (Å²) in [4.78, 5) is 4.54. The second kappa shape index (κ2) is 4.34. The summed E-state index contributed by atoms with van der Waals surface area (Å²) in [5.41, 5.74) is 3.58. The summed E-state index contributed by atoms with van der Waals surface area (Å²) in [5, 5.41) is 4.06. The highest BCUT2D eigenvalue weighted by atomic mass is 19.4. The van der Waals surface area contributed by atoms with Crippen molar-refractivity contribution >= 4 is 0 Å². The van der Waals surface area contributed by atoms with Crippen molar-refractivity contribution in [2.75, 3.05) is 0 Å². The normalized spacial score (nSPS) is 43.0. The summed E-state index contributed by atoms with van der Waals surface area (Å²) in [6.07, 6.45) is 1.59. The molecule has 0 aliphatic heterocycles. The molecule has 1 aromatic rings. The van der Waals surface area contributed by atoms with Crippen molar-refractivity contribution in [3.63, 3.8) is 0 Å². The van der Waals surface area contributed by atoms with Gasteiger partial charge >= 0.3 is 6.18 Å². The van der Waals surface area contributed by atoms with Gasteiger partial charge in [0, 0.05) is 0 Å². The molecule has 0 radical (unpaired) electrons. The summed E-state index contributed by atoms with van der Waals surface area (Å²) in [5.74, 6) is 1.15. The van der Waals surface area contributed by atoms with Gasteiger partial charge in [0.15, 0.2) is 5.82 Å². The zero-order valence-electron chi connectivity index (χ0n) is 13.5. The second-order valence-corrected chi connectivity index (χ2v) is 8.95. The third kappa shape index (κ3) is 1.85. The van der Waals surface area contributed by atoms with Gasteiger partial charge in [-0.3, -0.25) is 0 Å². The van der Waals surface area contributed by atoms with Crippen molar-refractivity contribution in [1.82, 2.24) is 10.1 Å². The minimum Gasteiger partial charge on any atom is -0.339 e. The SMILES string of the molecule is NC1(c2noc(C34CC5CC(C3)CC(C(F)(F)F)(C5)C4)n2)CCC1. The first-order chi connectivity index (χ1) is 11.2. The van der Waals surface area contributed by atoms with E-state index < -0.39 is 22.5 Å². The van der Waals surface area contributed by atoms with Gasteiger partial charge in [-0.05, 0) is 69.6 Å². The van der Waals surface area contributed by atoms with Gasteiger partial charge in [-0.25, -0.2) is 0 Å². The summed E-state index contributed by atoms with van der Waals surface area (Å²) < 4.78 is 47.1. The average Bonchev–Trinajstić information content (AvgIpc) is 2.93. The fraction of sp³-hybridized carbons (Fsp3) is 0.882. The molecule has 7 heteroatoms. The van der Waals surface area contributed by atoms with Crippen molar-refractivity contribution in [2.24, 2.45) is 23.0 Å². The van der Waals surface area contributed by atoms with Gasteiger partial charge in [0.05, 0.1) is 16.4 Å². The molecule has 132 valence electrons. The zero-order valence-corrected chi connectivity index (χ0v) is 13.5. The molecule has 4 bridgehead atoms. The lowest BCUT2D eigenvalue weighted by molar-refractivity contribution is -0.279. The third-order valence-electron chi connectivity index (χ3n) is 7.23. The molecular weight excluding hydrogens is 319 g/mol. The number of nitrogens with zero attached hydrogens (tertiary/aromatic N) is 2. The number of hydrogen-bond donors (Lipinski definition) is 1. The van der Waals surface area contributed by atoms with Gasteiger partial charge in [0.25, 0.3) is 0 Å². The third-order valence-corrected chi connectivity index (χ3v) is 7.23. The van der Waals surface area contributed by atoms with Crippen LogP contribution in [0.5, 0.6) is 0 Å². The van der Waals surface area contributed by atoms with E-state index in [0.717, 1.165) is 38.5 Å². The molecular formula is C17H22F3N3O. The molecule has 0 aromatic carbocycles. The Hall–Kier alpha value is -1.11. The lowest BCUT2D eigenvalue weighted by Crippen LogP contribution is -2.59. The first-order valence-corrected chi connectivity index (χ1v) is 8.94. The lowest BCUT2D eigenvalue weighted by Gasteiger charge is -2.60. The van der Waals surface area contributed by atoms with E-state index in [1.54, 1.807) is 0 Å². The molecule has 2 N–H and O–H groups in total. The van der Waals surface area contributed by atoms with E-state index in [1.807, 2.05) is 0 Å². The van der Waals surface area contributed by atoms with Gasteiger partial charge in [0.1, 0.15) is 0 Å². The van der Waals surface area contributed by atoms with Gasteiger partial charge in [-0.15, -0.1) is 0 Å². The van der Waals surface area contributed by atoms with E-state index >= 15 is 0 Å². The Kier molecular flexibility index (Phi) is 2.75. The van der Waals surface area contributed by atoms with Crippen LogP contribution in [-0.2, 0) is 11.0 Å². The maximum atomic E-state index is 13.9. The summed E-state index contributed by atoms with van der Waals surface area (Å²) in [7, 11) is 0. The number of aromatic nitrogens is 2. The van der Waals surface area contributed by atoms with E-state index in [4.69, 9.17) is 10.3 Å². The number of hydrogen-bond acceptors (Lipinski definition) is 4. The van der Waals surface area contributed by atoms with Crippen molar-refractivity contribution < 1.29 is 17.7 Å². The Balaban J connectivity index is 1.54. The van der Waals surface area contributed by atoms with Gasteiger partial charge in [0.2, 0.25) is 5.89 Å². The van der Waals surface area contributed by atoms with E-state index in [9.17, 15) is 13.2 Å². The van der Waals surface area contributed by atoms with Crippen LogP contribution in [0.25, 0.3) is 0 Å². The maximum absolute atomic E-state index is 13.9. The highest BCUT2D eigenvalue weighted by molar-refractivity contribution is 5.21.